The normalized spacial score (nSPS) is 14.3. The van der Waals surface area contributed by atoms with E-state index in [0.29, 0.717) is 6.61 Å². The van der Waals surface area contributed by atoms with Crippen LogP contribution in [0.4, 0.5) is 0 Å². The Hall–Kier alpha value is -1.28. The fourth-order valence-electron chi connectivity index (χ4n) is 2.77. The van der Waals surface area contributed by atoms with Crippen LogP contribution in [0.25, 0.3) is 5.57 Å². The number of aliphatic hydroxyl groups excluding tert-OH is 1. The van der Waals surface area contributed by atoms with Gasteiger partial charge in [0.05, 0.1) is 6.61 Å². The second-order valence-corrected chi connectivity index (χ2v) is 5.13. The van der Waals surface area contributed by atoms with Gasteiger partial charge in [-0.25, -0.2) is 0 Å². The van der Waals surface area contributed by atoms with Crippen molar-refractivity contribution in [1.29, 1.82) is 0 Å². The van der Waals surface area contributed by atoms with Crippen molar-refractivity contribution in [3.63, 3.8) is 0 Å². The molecule has 18 heavy (non-hydrogen) atoms. The Morgan fingerprint density at radius 1 is 1.28 bits per heavy atom. The van der Waals surface area contributed by atoms with Gasteiger partial charge in [0.15, 0.2) is 0 Å². The van der Waals surface area contributed by atoms with Gasteiger partial charge in [0.1, 0.15) is 12.4 Å². The van der Waals surface area contributed by atoms with Gasteiger partial charge in [0, 0.05) is 0 Å². The van der Waals surface area contributed by atoms with Crippen molar-refractivity contribution < 1.29 is 9.84 Å². The Morgan fingerprint density at radius 2 is 2.06 bits per heavy atom. The first kappa shape index (κ1) is 13.2. The maximum atomic E-state index is 8.86. The Kier molecular flexibility index (Phi) is 4.07. The minimum absolute atomic E-state index is 0.0615. The van der Waals surface area contributed by atoms with Gasteiger partial charge in [0.25, 0.3) is 0 Å². The zero-order valence-corrected chi connectivity index (χ0v) is 11.5. The van der Waals surface area contributed by atoms with Crippen molar-refractivity contribution >= 4 is 5.57 Å². The number of benzene rings is 1. The van der Waals surface area contributed by atoms with E-state index in [-0.39, 0.29) is 6.61 Å². The molecule has 0 spiro atoms. The Bertz CT molecular complexity index is 468. The first-order chi connectivity index (χ1) is 8.65. The van der Waals surface area contributed by atoms with Gasteiger partial charge in [-0.3, -0.25) is 0 Å². The molecule has 0 radical (unpaired) electrons. The summed E-state index contributed by atoms with van der Waals surface area (Å²) in [4.78, 5) is 0. The third-order valence-electron chi connectivity index (χ3n) is 3.63. The molecule has 2 heteroatoms. The fourth-order valence-corrected chi connectivity index (χ4v) is 2.77. The van der Waals surface area contributed by atoms with Crippen LogP contribution in [0.3, 0.4) is 0 Å². The molecule has 0 unspecified atom stereocenters. The summed E-state index contributed by atoms with van der Waals surface area (Å²) in [6.07, 6.45) is 3.57. The number of allylic oxidation sites excluding steroid dienone is 2. The van der Waals surface area contributed by atoms with Gasteiger partial charge in [-0.1, -0.05) is 11.6 Å². The summed E-state index contributed by atoms with van der Waals surface area (Å²) in [6.45, 7) is 6.92. The summed E-state index contributed by atoms with van der Waals surface area (Å²) < 4.78 is 5.61. The van der Waals surface area contributed by atoms with E-state index in [2.05, 4.69) is 26.8 Å². The number of hydrogen-bond donors (Lipinski definition) is 1. The largest absolute Gasteiger partial charge is 0.491 e. The third kappa shape index (κ3) is 2.44. The van der Waals surface area contributed by atoms with Crippen molar-refractivity contribution in [3.8, 4) is 5.75 Å². The molecule has 0 amide bonds. The maximum absolute atomic E-state index is 8.86. The standard InChI is InChI=1S/C16H22O2/c1-11(2)14-6-4-5-13-7-8-15(18-10-9-17)12(3)16(13)14/h7-8,17H,4-6,9-10H2,1-3H3. The van der Waals surface area contributed by atoms with Gasteiger partial charge < -0.3 is 9.84 Å². The molecule has 0 fully saturated rings. The predicted molar refractivity (Wildman–Crippen MR) is 75.0 cm³/mol. The van der Waals surface area contributed by atoms with Crippen molar-refractivity contribution in [2.75, 3.05) is 13.2 Å². The molecule has 0 heterocycles. The molecular formula is C16H22O2. The molecule has 0 saturated carbocycles. The van der Waals surface area contributed by atoms with E-state index in [9.17, 15) is 0 Å². The SMILES string of the molecule is CC(C)=C1CCCc2ccc(OCCO)c(C)c21. The van der Waals surface area contributed by atoms with Crippen molar-refractivity contribution in [3.05, 3.63) is 34.4 Å². The molecule has 2 nitrogen and oxygen atoms in total. The van der Waals surface area contributed by atoms with E-state index in [0.717, 1.165) is 12.2 Å². The first-order valence-corrected chi connectivity index (χ1v) is 6.68. The Morgan fingerprint density at radius 3 is 2.72 bits per heavy atom. The van der Waals surface area contributed by atoms with Gasteiger partial charge in [-0.05, 0) is 68.4 Å². The molecular weight excluding hydrogens is 224 g/mol. The topological polar surface area (TPSA) is 29.5 Å². The monoisotopic (exact) mass is 246 g/mol. The predicted octanol–water partition coefficient (Wildman–Crippen LogP) is 3.50. The van der Waals surface area contributed by atoms with Gasteiger partial charge in [-0.15, -0.1) is 0 Å². The molecule has 0 atom stereocenters. The van der Waals surface area contributed by atoms with Gasteiger partial charge in [0.2, 0.25) is 0 Å². The van der Waals surface area contributed by atoms with Crippen LogP contribution in [-0.2, 0) is 6.42 Å². The number of aryl methyl sites for hydroxylation is 1. The second-order valence-electron chi connectivity index (χ2n) is 5.13. The highest BCUT2D eigenvalue weighted by atomic mass is 16.5. The zero-order chi connectivity index (χ0) is 13.1. The minimum atomic E-state index is 0.0615. The van der Waals surface area contributed by atoms with E-state index in [1.807, 2.05) is 6.07 Å². The molecule has 98 valence electrons. The molecule has 1 aliphatic rings. The van der Waals surface area contributed by atoms with Crippen molar-refractivity contribution in [1.82, 2.24) is 0 Å². The second kappa shape index (κ2) is 5.57. The van der Waals surface area contributed by atoms with Crippen LogP contribution in [0.15, 0.2) is 17.7 Å². The van der Waals surface area contributed by atoms with E-state index < -0.39 is 0 Å². The number of rotatable bonds is 3. The molecule has 1 aromatic rings. The van der Waals surface area contributed by atoms with Crippen LogP contribution in [0.5, 0.6) is 5.75 Å². The van der Waals surface area contributed by atoms with Crippen LogP contribution in [0.1, 0.15) is 43.4 Å². The van der Waals surface area contributed by atoms with E-state index in [1.165, 1.54) is 40.7 Å². The number of fused-ring (bicyclic) bond motifs is 1. The van der Waals surface area contributed by atoms with E-state index >= 15 is 0 Å². The highest BCUT2D eigenvalue weighted by molar-refractivity contribution is 5.76. The zero-order valence-electron chi connectivity index (χ0n) is 11.5. The minimum Gasteiger partial charge on any atom is -0.491 e. The molecule has 1 N–H and O–H groups in total. The summed E-state index contributed by atoms with van der Waals surface area (Å²) in [5.74, 6) is 0.906. The third-order valence-corrected chi connectivity index (χ3v) is 3.63. The molecule has 2 rings (SSSR count). The van der Waals surface area contributed by atoms with E-state index in [4.69, 9.17) is 9.84 Å². The van der Waals surface area contributed by atoms with Crippen LogP contribution in [-0.4, -0.2) is 18.3 Å². The quantitative estimate of drug-likeness (QED) is 0.884. The van der Waals surface area contributed by atoms with Crippen molar-refractivity contribution in [2.45, 2.75) is 40.0 Å². The lowest BCUT2D eigenvalue weighted by Gasteiger charge is -2.24. The first-order valence-electron chi connectivity index (χ1n) is 6.68. The fraction of sp³-hybridized carbons (Fsp3) is 0.500. The number of ether oxygens (including phenoxy) is 1. The lowest BCUT2D eigenvalue weighted by atomic mass is 9.82. The summed E-state index contributed by atoms with van der Waals surface area (Å²) in [7, 11) is 0. The summed E-state index contributed by atoms with van der Waals surface area (Å²) in [5.41, 5.74) is 6.92. The van der Waals surface area contributed by atoms with Crippen LogP contribution < -0.4 is 4.74 Å². The van der Waals surface area contributed by atoms with Crippen LogP contribution in [0.2, 0.25) is 0 Å². The Balaban J connectivity index is 2.48. The molecule has 0 bridgehead atoms. The summed E-state index contributed by atoms with van der Waals surface area (Å²) in [5, 5.41) is 8.86. The van der Waals surface area contributed by atoms with Gasteiger partial charge >= 0.3 is 0 Å². The smallest absolute Gasteiger partial charge is 0.122 e. The van der Waals surface area contributed by atoms with Crippen LogP contribution in [0, 0.1) is 6.92 Å². The Labute approximate surface area is 109 Å². The summed E-state index contributed by atoms with van der Waals surface area (Å²) >= 11 is 0. The highest BCUT2D eigenvalue weighted by Gasteiger charge is 2.19. The molecule has 0 aliphatic heterocycles. The van der Waals surface area contributed by atoms with Crippen molar-refractivity contribution in [2.24, 2.45) is 0 Å². The van der Waals surface area contributed by atoms with Gasteiger partial charge in [-0.2, -0.15) is 0 Å². The van der Waals surface area contributed by atoms with Crippen LogP contribution >= 0.6 is 0 Å². The maximum Gasteiger partial charge on any atom is 0.122 e. The average Bonchev–Trinajstić information content (AvgIpc) is 2.37. The summed E-state index contributed by atoms with van der Waals surface area (Å²) in [6, 6.07) is 4.22. The number of aliphatic hydroxyl groups is 1. The number of hydrogen-bond acceptors (Lipinski definition) is 2. The highest BCUT2D eigenvalue weighted by Crippen LogP contribution is 2.38. The molecule has 1 aliphatic carbocycles. The molecule has 0 saturated heterocycles. The lowest BCUT2D eigenvalue weighted by Crippen LogP contribution is -2.09. The van der Waals surface area contributed by atoms with E-state index in [1.54, 1.807) is 0 Å². The molecule has 0 aromatic heterocycles. The molecule has 1 aromatic carbocycles. The lowest BCUT2D eigenvalue weighted by molar-refractivity contribution is 0.200. The average molecular weight is 246 g/mol.